The van der Waals surface area contributed by atoms with Crippen LogP contribution in [0.3, 0.4) is 0 Å². The van der Waals surface area contributed by atoms with E-state index >= 15 is 0 Å². The van der Waals surface area contributed by atoms with E-state index in [9.17, 15) is 0 Å². The topological polar surface area (TPSA) is 52.0 Å². The summed E-state index contributed by atoms with van der Waals surface area (Å²) in [6.07, 6.45) is 3.38. The lowest BCUT2D eigenvalue weighted by atomic mass is 10.2. The lowest BCUT2D eigenvalue weighted by Crippen LogP contribution is -2.11. The van der Waals surface area contributed by atoms with Crippen LogP contribution in [0.15, 0.2) is 111 Å². The molecule has 168 valence electrons. The van der Waals surface area contributed by atoms with Crippen LogP contribution in [-0.2, 0) is 0 Å². The lowest BCUT2D eigenvalue weighted by molar-refractivity contribution is 0.482. The highest BCUT2D eigenvalue weighted by Gasteiger charge is 2.11. The summed E-state index contributed by atoms with van der Waals surface area (Å²) in [7, 11) is 0. The van der Waals surface area contributed by atoms with Gasteiger partial charge in [0.2, 0.25) is 4.80 Å². The number of hydrogen-bond donors (Lipinski definition) is 0. The molecular formula is C26H17Cl2N3O2S. The van der Waals surface area contributed by atoms with Gasteiger partial charge in [0.05, 0.1) is 23.2 Å². The van der Waals surface area contributed by atoms with E-state index in [2.05, 4.69) is 5.10 Å². The lowest BCUT2D eigenvalue weighted by Gasteiger charge is -2.05. The largest absolute Gasteiger partial charge is 0.463 e. The van der Waals surface area contributed by atoms with Crippen molar-refractivity contribution in [1.29, 1.82) is 0 Å². The van der Waals surface area contributed by atoms with Crippen LogP contribution >= 0.6 is 34.5 Å². The van der Waals surface area contributed by atoms with E-state index in [-0.39, 0.29) is 0 Å². The fourth-order valence-corrected chi connectivity index (χ4v) is 4.41. The van der Waals surface area contributed by atoms with Gasteiger partial charge in [0, 0.05) is 10.4 Å². The second kappa shape index (κ2) is 10.1. The normalized spacial score (nSPS) is 11.9. The van der Waals surface area contributed by atoms with Crippen molar-refractivity contribution in [3.05, 3.63) is 117 Å². The summed E-state index contributed by atoms with van der Waals surface area (Å²) in [4.78, 5) is 5.34. The first-order valence-corrected chi connectivity index (χ1v) is 11.9. The molecule has 0 radical (unpaired) electrons. The average Bonchev–Trinajstić information content (AvgIpc) is 3.51. The summed E-state index contributed by atoms with van der Waals surface area (Å²) in [6.45, 7) is 0. The molecule has 5 rings (SSSR count). The number of rotatable bonds is 6. The number of aromatic nitrogens is 1. The number of para-hydroxylation sites is 1. The summed E-state index contributed by atoms with van der Waals surface area (Å²) >= 11 is 13.8. The summed E-state index contributed by atoms with van der Waals surface area (Å²) in [5, 5.41) is 7.64. The minimum atomic E-state index is 0.463. The number of furan rings is 1. The van der Waals surface area contributed by atoms with Gasteiger partial charge in [-0.3, -0.25) is 0 Å². The van der Waals surface area contributed by atoms with Crippen molar-refractivity contribution in [1.82, 2.24) is 4.68 Å². The van der Waals surface area contributed by atoms with Crippen LogP contribution in [-0.4, -0.2) is 10.9 Å². The van der Waals surface area contributed by atoms with Crippen molar-refractivity contribution in [3.8, 4) is 23.0 Å². The Morgan fingerprint density at radius 1 is 0.882 bits per heavy atom. The molecule has 0 saturated heterocycles. The van der Waals surface area contributed by atoms with Gasteiger partial charge < -0.3 is 9.15 Å². The molecule has 0 unspecified atom stereocenters. The first-order chi connectivity index (χ1) is 16.7. The maximum absolute atomic E-state index is 6.33. The SMILES string of the molecule is Clc1ccc(N=c2scc(-c3ccco3)n2/N=C\c2ccc(Oc3ccccc3)cc2)c(Cl)c1. The van der Waals surface area contributed by atoms with Crippen molar-refractivity contribution in [2.45, 2.75) is 0 Å². The Hall–Kier alpha value is -3.58. The molecule has 0 amide bonds. The number of hydrogen-bond acceptors (Lipinski definition) is 5. The molecule has 0 bridgehead atoms. The van der Waals surface area contributed by atoms with Gasteiger partial charge in [-0.15, -0.1) is 11.3 Å². The first-order valence-electron chi connectivity index (χ1n) is 10.3. The Morgan fingerprint density at radius 3 is 2.41 bits per heavy atom. The maximum atomic E-state index is 6.33. The van der Waals surface area contributed by atoms with E-state index in [1.54, 1.807) is 35.4 Å². The summed E-state index contributed by atoms with van der Waals surface area (Å²) < 4.78 is 13.2. The molecule has 3 aromatic carbocycles. The molecule has 0 aliphatic heterocycles. The molecule has 5 aromatic rings. The van der Waals surface area contributed by atoms with E-state index < -0.39 is 0 Å². The molecule has 5 nitrogen and oxygen atoms in total. The zero-order valence-corrected chi connectivity index (χ0v) is 20.0. The zero-order chi connectivity index (χ0) is 23.3. The molecule has 0 spiro atoms. The standard InChI is InChI=1S/C26H17Cl2N3O2S/c27-19-10-13-23(22(28)15-19)30-26-31(24(17-34-26)25-7-4-14-32-25)29-16-18-8-11-21(12-9-18)33-20-5-2-1-3-6-20/h1-17H/b29-16-,30-26?. The van der Waals surface area contributed by atoms with Crippen LogP contribution in [0.25, 0.3) is 11.5 Å². The molecule has 2 aromatic heterocycles. The highest BCUT2D eigenvalue weighted by molar-refractivity contribution is 7.07. The van der Waals surface area contributed by atoms with Gasteiger partial charge in [0.1, 0.15) is 17.2 Å². The minimum Gasteiger partial charge on any atom is -0.463 e. The highest BCUT2D eigenvalue weighted by atomic mass is 35.5. The van der Waals surface area contributed by atoms with Crippen molar-refractivity contribution in [2.75, 3.05) is 0 Å². The van der Waals surface area contributed by atoms with Crippen LogP contribution in [0.2, 0.25) is 10.0 Å². The number of halogens is 2. The molecular weight excluding hydrogens is 489 g/mol. The van der Waals surface area contributed by atoms with Gasteiger partial charge in [-0.1, -0.05) is 41.4 Å². The molecule has 0 N–H and O–H groups in total. The maximum Gasteiger partial charge on any atom is 0.211 e. The summed E-state index contributed by atoms with van der Waals surface area (Å²) in [6, 6.07) is 26.2. The van der Waals surface area contributed by atoms with Crippen molar-refractivity contribution < 1.29 is 9.15 Å². The third-order valence-electron chi connectivity index (χ3n) is 4.77. The van der Waals surface area contributed by atoms with Crippen LogP contribution in [0.1, 0.15) is 5.56 Å². The van der Waals surface area contributed by atoms with Gasteiger partial charge in [0.15, 0.2) is 5.76 Å². The van der Waals surface area contributed by atoms with Crippen LogP contribution < -0.4 is 9.54 Å². The van der Waals surface area contributed by atoms with Crippen LogP contribution in [0.5, 0.6) is 11.5 Å². The molecule has 2 heterocycles. The van der Waals surface area contributed by atoms with Crippen molar-refractivity contribution in [3.63, 3.8) is 0 Å². The van der Waals surface area contributed by atoms with Gasteiger partial charge in [-0.2, -0.15) is 5.10 Å². The van der Waals surface area contributed by atoms with Gasteiger partial charge in [-0.25, -0.2) is 9.67 Å². The first kappa shape index (κ1) is 22.2. The van der Waals surface area contributed by atoms with E-state index in [0.29, 0.717) is 26.3 Å². The van der Waals surface area contributed by atoms with Crippen LogP contribution in [0, 0.1) is 0 Å². The number of ether oxygens (including phenoxy) is 1. The predicted octanol–water partition coefficient (Wildman–Crippen LogP) is 8.02. The highest BCUT2D eigenvalue weighted by Crippen LogP contribution is 2.28. The fourth-order valence-electron chi connectivity index (χ4n) is 3.13. The third kappa shape index (κ3) is 5.15. The summed E-state index contributed by atoms with van der Waals surface area (Å²) in [5.41, 5.74) is 2.28. The van der Waals surface area contributed by atoms with Gasteiger partial charge in [0.25, 0.3) is 0 Å². The van der Waals surface area contributed by atoms with Gasteiger partial charge in [-0.05, 0) is 72.3 Å². The molecule has 0 aliphatic rings. The monoisotopic (exact) mass is 505 g/mol. The van der Waals surface area contributed by atoms with E-state index in [1.165, 1.54) is 11.3 Å². The Kier molecular flexibility index (Phi) is 6.62. The minimum absolute atomic E-state index is 0.463. The molecule has 8 heteroatoms. The molecule has 0 fully saturated rings. The Morgan fingerprint density at radius 2 is 1.68 bits per heavy atom. The summed E-state index contributed by atoms with van der Waals surface area (Å²) in [5.74, 6) is 2.22. The smallest absolute Gasteiger partial charge is 0.211 e. The molecule has 0 saturated carbocycles. The zero-order valence-electron chi connectivity index (χ0n) is 17.6. The molecule has 0 aliphatic carbocycles. The average molecular weight is 506 g/mol. The Bertz CT molecular complexity index is 1490. The van der Waals surface area contributed by atoms with E-state index in [0.717, 1.165) is 22.8 Å². The fraction of sp³-hybridized carbons (Fsp3) is 0. The predicted molar refractivity (Wildman–Crippen MR) is 138 cm³/mol. The number of benzene rings is 3. The molecule has 34 heavy (non-hydrogen) atoms. The van der Waals surface area contributed by atoms with Gasteiger partial charge >= 0.3 is 0 Å². The van der Waals surface area contributed by atoms with Crippen molar-refractivity contribution >= 4 is 46.4 Å². The van der Waals surface area contributed by atoms with E-state index in [4.69, 9.17) is 37.3 Å². The van der Waals surface area contributed by atoms with Crippen LogP contribution in [0.4, 0.5) is 5.69 Å². The Balaban J connectivity index is 1.47. The number of thiazole rings is 1. The second-order valence-electron chi connectivity index (χ2n) is 7.13. The van der Waals surface area contributed by atoms with Crippen molar-refractivity contribution in [2.24, 2.45) is 10.1 Å². The number of nitrogens with zero attached hydrogens (tertiary/aromatic N) is 3. The second-order valence-corrected chi connectivity index (χ2v) is 8.81. The molecule has 0 atom stereocenters. The van der Waals surface area contributed by atoms with E-state index in [1.807, 2.05) is 72.1 Å². The quantitative estimate of drug-likeness (QED) is 0.219. The Labute approximate surface area is 209 Å². The third-order valence-corrected chi connectivity index (χ3v) is 6.12.